The van der Waals surface area contributed by atoms with E-state index in [1.54, 1.807) is 6.20 Å². The summed E-state index contributed by atoms with van der Waals surface area (Å²) in [5, 5.41) is 0. The summed E-state index contributed by atoms with van der Waals surface area (Å²) in [6.07, 6.45) is 6.30. The molecule has 0 saturated heterocycles. The van der Waals surface area contributed by atoms with Gasteiger partial charge in [0, 0.05) is 18.3 Å². The largest absolute Gasteiger partial charge is 0.474 e. The fraction of sp³-hybridized carbons (Fsp3) is 0.545. The van der Waals surface area contributed by atoms with Crippen LogP contribution in [0, 0.1) is 0 Å². The van der Waals surface area contributed by atoms with Crippen LogP contribution in [0.4, 0.5) is 0 Å². The highest BCUT2D eigenvalue weighted by molar-refractivity contribution is 5.09. The van der Waals surface area contributed by atoms with Crippen molar-refractivity contribution in [3.8, 4) is 5.88 Å². The molecule has 1 aliphatic rings. The zero-order valence-electron chi connectivity index (χ0n) is 8.23. The molecular weight excluding hydrogens is 176 g/mol. The van der Waals surface area contributed by atoms with Crippen molar-refractivity contribution < 1.29 is 4.74 Å². The van der Waals surface area contributed by atoms with E-state index in [1.165, 1.54) is 0 Å². The van der Waals surface area contributed by atoms with Crippen molar-refractivity contribution in [1.82, 2.24) is 4.98 Å². The van der Waals surface area contributed by atoms with Crippen molar-refractivity contribution in [3.05, 3.63) is 24.4 Å². The van der Waals surface area contributed by atoms with Crippen LogP contribution in [0.15, 0.2) is 24.4 Å². The van der Waals surface area contributed by atoms with E-state index < -0.39 is 0 Å². The molecule has 14 heavy (non-hydrogen) atoms. The number of rotatable bonds is 2. The standard InChI is InChI=1S/C11H16N2O/c12-9-4-6-10(7-5-9)14-11-3-1-2-8-13-11/h1-3,8-10H,4-7,12H2. The topological polar surface area (TPSA) is 48.1 Å². The Morgan fingerprint density at radius 2 is 2.00 bits per heavy atom. The minimum Gasteiger partial charge on any atom is -0.474 e. The maximum absolute atomic E-state index is 5.82. The molecule has 1 fully saturated rings. The van der Waals surface area contributed by atoms with E-state index in [9.17, 15) is 0 Å². The van der Waals surface area contributed by atoms with Gasteiger partial charge in [-0.25, -0.2) is 4.98 Å². The maximum atomic E-state index is 5.82. The Hall–Kier alpha value is -1.09. The smallest absolute Gasteiger partial charge is 0.213 e. The zero-order chi connectivity index (χ0) is 9.80. The Bertz CT molecular complexity index is 268. The lowest BCUT2D eigenvalue weighted by Crippen LogP contribution is -2.31. The van der Waals surface area contributed by atoms with Crippen molar-refractivity contribution in [2.75, 3.05) is 0 Å². The quantitative estimate of drug-likeness (QED) is 0.776. The molecule has 3 heteroatoms. The first-order chi connectivity index (χ1) is 6.84. The average Bonchev–Trinajstić information content (AvgIpc) is 2.23. The number of nitrogens with two attached hydrogens (primary N) is 1. The van der Waals surface area contributed by atoms with Gasteiger partial charge in [0.25, 0.3) is 0 Å². The van der Waals surface area contributed by atoms with Crippen molar-refractivity contribution >= 4 is 0 Å². The van der Waals surface area contributed by atoms with Gasteiger partial charge in [0.05, 0.1) is 0 Å². The van der Waals surface area contributed by atoms with Crippen LogP contribution in [0.5, 0.6) is 5.88 Å². The molecule has 0 atom stereocenters. The molecule has 1 saturated carbocycles. The molecule has 2 N–H and O–H groups in total. The minimum absolute atomic E-state index is 0.310. The molecule has 0 amide bonds. The minimum atomic E-state index is 0.310. The highest BCUT2D eigenvalue weighted by Gasteiger charge is 2.19. The van der Waals surface area contributed by atoms with Gasteiger partial charge in [0.15, 0.2) is 0 Å². The van der Waals surface area contributed by atoms with Gasteiger partial charge in [-0.2, -0.15) is 0 Å². The highest BCUT2D eigenvalue weighted by Crippen LogP contribution is 2.21. The molecule has 1 heterocycles. The molecule has 3 nitrogen and oxygen atoms in total. The van der Waals surface area contributed by atoms with Crippen LogP contribution in [0.2, 0.25) is 0 Å². The Labute approximate surface area is 84.3 Å². The lowest BCUT2D eigenvalue weighted by atomic mass is 9.94. The second-order valence-corrected chi connectivity index (χ2v) is 3.82. The molecule has 2 rings (SSSR count). The predicted molar refractivity (Wildman–Crippen MR) is 55.1 cm³/mol. The van der Waals surface area contributed by atoms with Gasteiger partial charge in [-0.15, -0.1) is 0 Å². The highest BCUT2D eigenvalue weighted by atomic mass is 16.5. The van der Waals surface area contributed by atoms with E-state index >= 15 is 0 Å². The summed E-state index contributed by atoms with van der Waals surface area (Å²) < 4.78 is 5.74. The van der Waals surface area contributed by atoms with Crippen LogP contribution >= 0.6 is 0 Å². The lowest BCUT2D eigenvalue weighted by molar-refractivity contribution is 0.141. The molecule has 0 aromatic carbocycles. The van der Waals surface area contributed by atoms with Gasteiger partial charge >= 0.3 is 0 Å². The number of hydrogen-bond donors (Lipinski definition) is 1. The van der Waals surface area contributed by atoms with Crippen molar-refractivity contribution in [2.45, 2.75) is 37.8 Å². The Morgan fingerprint density at radius 3 is 2.64 bits per heavy atom. The van der Waals surface area contributed by atoms with Crippen LogP contribution in [0.1, 0.15) is 25.7 Å². The molecule has 0 aliphatic heterocycles. The molecule has 1 aliphatic carbocycles. The summed E-state index contributed by atoms with van der Waals surface area (Å²) in [5.41, 5.74) is 5.82. The molecule has 76 valence electrons. The lowest BCUT2D eigenvalue weighted by Gasteiger charge is -2.26. The van der Waals surface area contributed by atoms with E-state index in [1.807, 2.05) is 18.2 Å². The van der Waals surface area contributed by atoms with Gasteiger partial charge < -0.3 is 10.5 Å². The monoisotopic (exact) mass is 192 g/mol. The van der Waals surface area contributed by atoms with Crippen molar-refractivity contribution in [2.24, 2.45) is 5.73 Å². The Balaban J connectivity index is 1.87. The van der Waals surface area contributed by atoms with E-state index in [0.29, 0.717) is 12.1 Å². The molecular formula is C11H16N2O. The number of hydrogen-bond acceptors (Lipinski definition) is 3. The summed E-state index contributed by atoms with van der Waals surface area (Å²) >= 11 is 0. The van der Waals surface area contributed by atoms with E-state index in [2.05, 4.69) is 4.98 Å². The zero-order valence-corrected chi connectivity index (χ0v) is 8.23. The number of ether oxygens (including phenoxy) is 1. The number of pyridine rings is 1. The van der Waals surface area contributed by atoms with Gasteiger partial charge in [0.1, 0.15) is 6.10 Å². The molecule has 0 bridgehead atoms. The third-order valence-electron chi connectivity index (χ3n) is 2.64. The molecule has 1 aromatic rings. The molecule has 0 spiro atoms. The predicted octanol–water partition coefficient (Wildman–Crippen LogP) is 1.73. The van der Waals surface area contributed by atoms with Crippen molar-refractivity contribution in [1.29, 1.82) is 0 Å². The third kappa shape index (κ3) is 2.45. The van der Waals surface area contributed by atoms with Crippen molar-refractivity contribution in [3.63, 3.8) is 0 Å². The summed E-state index contributed by atoms with van der Waals surface area (Å²) in [6, 6.07) is 6.10. The number of aromatic nitrogens is 1. The SMILES string of the molecule is NC1CCC(Oc2ccccn2)CC1. The third-order valence-corrected chi connectivity index (χ3v) is 2.64. The average molecular weight is 192 g/mol. The van der Waals surface area contributed by atoms with Crippen LogP contribution in [0.25, 0.3) is 0 Å². The second-order valence-electron chi connectivity index (χ2n) is 3.82. The Morgan fingerprint density at radius 1 is 1.21 bits per heavy atom. The van der Waals surface area contributed by atoms with Gasteiger partial charge in [-0.05, 0) is 31.7 Å². The fourth-order valence-electron chi connectivity index (χ4n) is 1.79. The fourth-order valence-corrected chi connectivity index (χ4v) is 1.79. The van der Waals surface area contributed by atoms with Crippen LogP contribution in [-0.2, 0) is 0 Å². The second kappa shape index (κ2) is 4.42. The van der Waals surface area contributed by atoms with Gasteiger partial charge in [-0.1, -0.05) is 6.07 Å². The normalized spacial score (nSPS) is 27.2. The summed E-state index contributed by atoms with van der Waals surface area (Å²) in [5.74, 6) is 0.730. The van der Waals surface area contributed by atoms with E-state index in [-0.39, 0.29) is 0 Å². The molecule has 0 radical (unpaired) electrons. The first-order valence-electron chi connectivity index (χ1n) is 5.18. The van der Waals surface area contributed by atoms with Crippen LogP contribution < -0.4 is 10.5 Å². The van der Waals surface area contributed by atoms with E-state index in [0.717, 1.165) is 31.6 Å². The summed E-state index contributed by atoms with van der Waals surface area (Å²) in [7, 11) is 0. The van der Waals surface area contributed by atoms with Gasteiger partial charge in [-0.3, -0.25) is 0 Å². The van der Waals surface area contributed by atoms with Crippen LogP contribution in [-0.4, -0.2) is 17.1 Å². The Kier molecular flexibility index (Phi) is 2.99. The van der Waals surface area contributed by atoms with Gasteiger partial charge in [0.2, 0.25) is 5.88 Å². The number of nitrogens with zero attached hydrogens (tertiary/aromatic N) is 1. The molecule has 0 unspecified atom stereocenters. The first-order valence-corrected chi connectivity index (χ1v) is 5.18. The van der Waals surface area contributed by atoms with E-state index in [4.69, 9.17) is 10.5 Å². The first kappa shape index (κ1) is 9.46. The molecule has 1 aromatic heterocycles. The van der Waals surface area contributed by atoms with Crippen LogP contribution in [0.3, 0.4) is 0 Å². The summed E-state index contributed by atoms with van der Waals surface area (Å²) in [6.45, 7) is 0. The summed E-state index contributed by atoms with van der Waals surface area (Å²) in [4.78, 5) is 4.14. The maximum Gasteiger partial charge on any atom is 0.213 e.